The molecule has 0 saturated carbocycles. The summed E-state index contributed by atoms with van der Waals surface area (Å²) in [7, 11) is 1.37. The Morgan fingerprint density at radius 1 is 1.15 bits per heavy atom. The molecule has 136 valence electrons. The Bertz CT molecular complexity index is 993. The second kappa shape index (κ2) is 8.01. The van der Waals surface area contributed by atoms with Crippen LogP contribution in [0.15, 0.2) is 71.2 Å². The van der Waals surface area contributed by atoms with Gasteiger partial charge in [0.15, 0.2) is 0 Å². The molecule has 1 amide bonds. The molecular weight excluding hydrogens is 348 g/mol. The van der Waals surface area contributed by atoms with Crippen LogP contribution in [-0.4, -0.2) is 17.9 Å². The van der Waals surface area contributed by atoms with E-state index in [-0.39, 0.29) is 11.4 Å². The van der Waals surface area contributed by atoms with E-state index in [2.05, 4.69) is 5.32 Å². The number of benzene rings is 2. The van der Waals surface area contributed by atoms with Crippen molar-refractivity contribution >= 4 is 23.4 Å². The number of nitrogens with one attached hydrogen (secondary N) is 1. The number of nitro benzene ring substituents is 1. The smallest absolute Gasteiger partial charge is 0.273 e. The number of anilines is 1. The maximum absolute atomic E-state index is 12.1. The van der Waals surface area contributed by atoms with Crippen molar-refractivity contribution in [2.75, 3.05) is 12.4 Å². The van der Waals surface area contributed by atoms with E-state index in [1.165, 1.54) is 31.4 Å². The highest BCUT2D eigenvalue weighted by molar-refractivity contribution is 6.02. The Morgan fingerprint density at radius 3 is 2.63 bits per heavy atom. The predicted molar refractivity (Wildman–Crippen MR) is 101 cm³/mol. The molecule has 3 rings (SSSR count). The maximum Gasteiger partial charge on any atom is 0.273 e. The minimum absolute atomic E-state index is 0.121. The third kappa shape index (κ3) is 4.40. The summed E-state index contributed by atoms with van der Waals surface area (Å²) in [4.78, 5) is 22.4. The normalized spacial score (nSPS) is 10.7. The van der Waals surface area contributed by atoms with Crippen molar-refractivity contribution in [1.29, 1.82) is 0 Å². The number of nitro groups is 1. The first kappa shape index (κ1) is 17.9. The largest absolute Gasteiger partial charge is 0.494 e. The second-order valence-electron chi connectivity index (χ2n) is 5.53. The molecule has 1 aromatic heterocycles. The van der Waals surface area contributed by atoms with E-state index in [1.54, 1.807) is 12.1 Å². The van der Waals surface area contributed by atoms with E-state index in [9.17, 15) is 14.9 Å². The fraction of sp³-hybridized carbons (Fsp3) is 0.0500. The lowest BCUT2D eigenvalue weighted by molar-refractivity contribution is -0.384. The molecule has 0 aliphatic rings. The first-order chi connectivity index (χ1) is 13.1. The number of furan rings is 1. The summed E-state index contributed by atoms with van der Waals surface area (Å²) in [5.41, 5.74) is 1.16. The first-order valence-electron chi connectivity index (χ1n) is 8.03. The zero-order valence-corrected chi connectivity index (χ0v) is 14.4. The second-order valence-corrected chi connectivity index (χ2v) is 5.53. The standard InChI is InChI=1S/C20H16N2O5/c1-26-19-13-15(22(24)25)7-10-17(19)21-20(23)12-9-16-8-11-18(27-16)14-5-3-2-4-6-14/h2-13H,1H3,(H,21,23)/b12-9+. The fourth-order valence-electron chi connectivity index (χ4n) is 2.43. The van der Waals surface area contributed by atoms with Crippen LogP contribution in [0.4, 0.5) is 11.4 Å². The molecule has 2 aromatic carbocycles. The molecule has 0 bridgehead atoms. The van der Waals surface area contributed by atoms with E-state index >= 15 is 0 Å². The van der Waals surface area contributed by atoms with Gasteiger partial charge in [-0.3, -0.25) is 14.9 Å². The van der Waals surface area contributed by atoms with Gasteiger partial charge in [-0.2, -0.15) is 0 Å². The number of non-ortho nitro benzene ring substituents is 1. The highest BCUT2D eigenvalue weighted by Gasteiger charge is 2.12. The Balaban J connectivity index is 1.69. The van der Waals surface area contributed by atoms with Crippen molar-refractivity contribution < 1.29 is 18.9 Å². The lowest BCUT2D eigenvalue weighted by Crippen LogP contribution is -2.09. The molecule has 0 atom stereocenters. The summed E-state index contributed by atoms with van der Waals surface area (Å²) < 4.78 is 10.8. The maximum atomic E-state index is 12.1. The molecule has 7 nitrogen and oxygen atoms in total. The Kier molecular flexibility index (Phi) is 5.32. The van der Waals surface area contributed by atoms with Gasteiger partial charge in [0, 0.05) is 17.7 Å². The number of carbonyl (C=O) groups excluding carboxylic acids is 1. The molecule has 3 aromatic rings. The van der Waals surface area contributed by atoms with Crippen molar-refractivity contribution in [3.63, 3.8) is 0 Å². The van der Waals surface area contributed by atoms with Gasteiger partial charge in [0.05, 0.1) is 23.8 Å². The van der Waals surface area contributed by atoms with E-state index < -0.39 is 10.8 Å². The summed E-state index contributed by atoms with van der Waals surface area (Å²) in [5, 5.41) is 13.4. The van der Waals surface area contributed by atoms with Crippen LogP contribution >= 0.6 is 0 Å². The van der Waals surface area contributed by atoms with Crippen molar-refractivity contribution in [3.05, 3.63) is 82.6 Å². The number of methoxy groups -OCH3 is 1. The van der Waals surface area contributed by atoms with Gasteiger partial charge >= 0.3 is 0 Å². The van der Waals surface area contributed by atoms with Gasteiger partial charge in [-0.25, -0.2) is 0 Å². The third-order valence-electron chi connectivity index (χ3n) is 3.74. The number of amides is 1. The van der Waals surface area contributed by atoms with E-state index in [4.69, 9.17) is 9.15 Å². The summed E-state index contributed by atoms with van der Waals surface area (Å²) in [6.07, 6.45) is 2.86. The Morgan fingerprint density at radius 2 is 1.93 bits per heavy atom. The molecule has 0 radical (unpaired) electrons. The zero-order chi connectivity index (χ0) is 19.2. The van der Waals surface area contributed by atoms with Gasteiger partial charge in [-0.15, -0.1) is 0 Å². The van der Waals surface area contributed by atoms with Crippen LogP contribution in [0.2, 0.25) is 0 Å². The number of hydrogen-bond donors (Lipinski definition) is 1. The molecule has 0 saturated heterocycles. The van der Waals surface area contributed by atoms with Gasteiger partial charge in [-0.1, -0.05) is 30.3 Å². The topological polar surface area (TPSA) is 94.6 Å². The molecular formula is C20H16N2O5. The van der Waals surface area contributed by atoms with Crippen LogP contribution in [0, 0.1) is 10.1 Å². The quantitative estimate of drug-likeness (QED) is 0.394. The average Bonchev–Trinajstić information content (AvgIpc) is 3.16. The highest BCUT2D eigenvalue weighted by Crippen LogP contribution is 2.29. The van der Waals surface area contributed by atoms with Crippen LogP contribution in [0.1, 0.15) is 5.76 Å². The summed E-state index contributed by atoms with van der Waals surface area (Å²) >= 11 is 0. The number of nitrogens with zero attached hydrogens (tertiary/aromatic N) is 1. The number of hydrogen-bond acceptors (Lipinski definition) is 5. The number of carbonyl (C=O) groups is 1. The summed E-state index contributed by atoms with van der Waals surface area (Å²) in [6.45, 7) is 0. The minimum Gasteiger partial charge on any atom is -0.494 e. The first-order valence-corrected chi connectivity index (χ1v) is 8.03. The van der Waals surface area contributed by atoms with E-state index in [0.717, 1.165) is 5.56 Å². The van der Waals surface area contributed by atoms with E-state index in [0.29, 0.717) is 17.2 Å². The lowest BCUT2D eigenvalue weighted by Gasteiger charge is -2.08. The van der Waals surface area contributed by atoms with E-state index in [1.807, 2.05) is 36.4 Å². The van der Waals surface area contributed by atoms with Gasteiger partial charge in [0.1, 0.15) is 17.3 Å². The van der Waals surface area contributed by atoms with Gasteiger partial charge in [0.25, 0.3) is 5.69 Å². The monoisotopic (exact) mass is 364 g/mol. The molecule has 27 heavy (non-hydrogen) atoms. The summed E-state index contributed by atoms with van der Waals surface area (Å²) in [5.74, 6) is 1.02. The highest BCUT2D eigenvalue weighted by atomic mass is 16.6. The molecule has 0 unspecified atom stereocenters. The molecule has 1 heterocycles. The molecule has 7 heteroatoms. The van der Waals surface area contributed by atoms with Gasteiger partial charge in [0.2, 0.25) is 5.91 Å². The lowest BCUT2D eigenvalue weighted by atomic mass is 10.2. The number of rotatable bonds is 6. The zero-order valence-electron chi connectivity index (χ0n) is 14.4. The van der Waals surface area contributed by atoms with Gasteiger partial charge < -0.3 is 14.5 Å². The van der Waals surface area contributed by atoms with Crippen molar-refractivity contribution in [1.82, 2.24) is 0 Å². The SMILES string of the molecule is COc1cc([N+](=O)[O-])ccc1NC(=O)/C=C/c1ccc(-c2ccccc2)o1. The number of ether oxygens (including phenoxy) is 1. The van der Waals surface area contributed by atoms with Gasteiger partial charge in [-0.05, 0) is 24.3 Å². The van der Waals surface area contributed by atoms with Crippen LogP contribution in [-0.2, 0) is 4.79 Å². The third-order valence-corrected chi connectivity index (χ3v) is 3.74. The fourth-order valence-corrected chi connectivity index (χ4v) is 2.43. The van der Waals surface area contributed by atoms with Crippen molar-refractivity contribution in [2.24, 2.45) is 0 Å². The Hall–Kier alpha value is -3.87. The Labute approximate surface area is 155 Å². The average molecular weight is 364 g/mol. The molecule has 1 N–H and O–H groups in total. The van der Waals surface area contributed by atoms with Crippen molar-refractivity contribution in [3.8, 4) is 17.1 Å². The van der Waals surface area contributed by atoms with Crippen LogP contribution in [0.5, 0.6) is 5.75 Å². The van der Waals surface area contributed by atoms with Crippen LogP contribution in [0.25, 0.3) is 17.4 Å². The molecule has 0 aliphatic heterocycles. The van der Waals surface area contributed by atoms with Crippen molar-refractivity contribution in [2.45, 2.75) is 0 Å². The minimum atomic E-state index is -0.532. The molecule has 0 spiro atoms. The molecule has 0 fully saturated rings. The predicted octanol–water partition coefficient (Wildman–Crippen LogP) is 4.52. The molecule has 0 aliphatic carbocycles. The van der Waals surface area contributed by atoms with Crippen LogP contribution in [0.3, 0.4) is 0 Å². The van der Waals surface area contributed by atoms with Crippen LogP contribution < -0.4 is 10.1 Å². The summed E-state index contributed by atoms with van der Waals surface area (Å²) in [6, 6.07) is 17.2.